The van der Waals surface area contributed by atoms with E-state index in [9.17, 15) is 0 Å². The van der Waals surface area contributed by atoms with Crippen molar-refractivity contribution >= 4 is 0 Å². The van der Waals surface area contributed by atoms with Gasteiger partial charge in [0.2, 0.25) is 5.89 Å². The number of hydrogen-bond acceptors (Lipinski definition) is 5. The van der Waals surface area contributed by atoms with Crippen molar-refractivity contribution in [2.75, 3.05) is 13.7 Å². The second-order valence-corrected chi connectivity index (χ2v) is 5.07. The molecule has 0 spiro atoms. The van der Waals surface area contributed by atoms with Crippen LogP contribution in [0.2, 0.25) is 0 Å². The molecule has 0 aliphatic rings. The van der Waals surface area contributed by atoms with Crippen LogP contribution in [0.5, 0.6) is 5.75 Å². The molecule has 2 aromatic rings. The highest BCUT2D eigenvalue weighted by Crippen LogP contribution is 2.20. The van der Waals surface area contributed by atoms with Gasteiger partial charge in [-0.15, -0.1) is 0 Å². The number of ether oxygens (including phenoxy) is 1. The van der Waals surface area contributed by atoms with Gasteiger partial charge in [-0.3, -0.25) is 4.90 Å². The average molecular weight is 289 g/mol. The molecule has 2 rings (SSSR count). The molecule has 5 heteroatoms. The highest BCUT2D eigenvalue weighted by atomic mass is 16.5. The third-order valence-electron chi connectivity index (χ3n) is 3.10. The van der Waals surface area contributed by atoms with E-state index in [4.69, 9.17) is 9.26 Å². The van der Waals surface area contributed by atoms with Gasteiger partial charge in [-0.1, -0.05) is 30.3 Å². The van der Waals surface area contributed by atoms with Crippen LogP contribution in [-0.4, -0.2) is 28.7 Å². The Balaban J connectivity index is 1.96. The standard InChI is InChI=1S/C16H23N3O2/c1-4-8-15-17-16(21-18-15)12-19(3)11-13-9-6-7-10-14(13)20-5-2/h6-7,9-10H,4-5,8,11-12H2,1-3H3. The lowest BCUT2D eigenvalue weighted by molar-refractivity contribution is 0.254. The van der Waals surface area contributed by atoms with Crippen LogP contribution in [0, 0.1) is 0 Å². The van der Waals surface area contributed by atoms with Gasteiger partial charge < -0.3 is 9.26 Å². The molecule has 21 heavy (non-hydrogen) atoms. The Morgan fingerprint density at radius 2 is 2.00 bits per heavy atom. The fourth-order valence-corrected chi connectivity index (χ4v) is 2.19. The van der Waals surface area contributed by atoms with E-state index >= 15 is 0 Å². The lowest BCUT2D eigenvalue weighted by Gasteiger charge is -2.16. The van der Waals surface area contributed by atoms with Crippen LogP contribution in [0.25, 0.3) is 0 Å². The van der Waals surface area contributed by atoms with Crippen LogP contribution >= 0.6 is 0 Å². The zero-order valence-electron chi connectivity index (χ0n) is 13.0. The Morgan fingerprint density at radius 3 is 2.76 bits per heavy atom. The van der Waals surface area contributed by atoms with Crippen molar-refractivity contribution in [3.05, 3.63) is 41.5 Å². The van der Waals surface area contributed by atoms with Gasteiger partial charge in [0.1, 0.15) is 5.75 Å². The number of benzene rings is 1. The first-order valence-corrected chi connectivity index (χ1v) is 7.43. The number of aromatic nitrogens is 2. The molecular weight excluding hydrogens is 266 g/mol. The van der Waals surface area contributed by atoms with Gasteiger partial charge in [0.25, 0.3) is 0 Å². The molecule has 0 saturated heterocycles. The number of nitrogens with zero attached hydrogens (tertiary/aromatic N) is 3. The summed E-state index contributed by atoms with van der Waals surface area (Å²) in [5.41, 5.74) is 1.16. The lowest BCUT2D eigenvalue weighted by atomic mass is 10.2. The highest BCUT2D eigenvalue weighted by Gasteiger charge is 2.11. The van der Waals surface area contributed by atoms with Gasteiger partial charge in [0, 0.05) is 18.5 Å². The minimum atomic E-state index is 0.636. The van der Waals surface area contributed by atoms with E-state index in [-0.39, 0.29) is 0 Å². The molecule has 0 aliphatic carbocycles. The van der Waals surface area contributed by atoms with Gasteiger partial charge in [0.05, 0.1) is 13.2 Å². The summed E-state index contributed by atoms with van der Waals surface area (Å²) in [4.78, 5) is 6.53. The van der Waals surface area contributed by atoms with Gasteiger partial charge in [-0.25, -0.2) is 0 Å². The Bertz CT molecular complexity index is 554. The maximum Gasteiger partial charge on any atom is 0.240 e. The molecule has 1 aromatic carbocycles. The maximum atomic E-state index is 5.65. The predicted octanol–water partition coefficient (Wildman–Crippen LogP) is 3.05. The fourth-order valence-electron chi connectivity index (χ4n) is 2.19. The van der Waals surface area contributed by atoms with Crippen LogP contribution in [0.15, 0.2) is 28.8 Å². The third kappa shape index (κ3) is 4.56. The summed E-state index contributed by atoms with van der Waals surface area (Å²) in [6, 6.07) is 8.10. The molecule has 0 atom stereocenters. The lowest BCUT2D eigenvalue weighted by Crippen LogP contribution is -2.18. The van der Waals surface area contributed by atoms with Gasteiger partial charge >= 0.3 is 0 Å². The molecule has 5 nitrogen and oxygen atoms in total. The SMILES string of the molecule is CCCc1noc(CN(C)Cc2ccccc2OCC)n1. The van der Waals surface area contributed by atoms with Crippen molar-refractivity contribution in [2.24, 2.45) is 0 Å². The van der Waals surface area contributed by atoms with Crippen LogP contribution in [0.4, 0.5) is 0 Å². The zero-order chi connectivity index (χ0) is 15.1. The minimum absolute atomic E-state index is 0.636. The summed E-state index contributed by atoms with van der Waals surface area (Å²) in [5.74, 6) is 2.38. The summed E-state index contributed by atoms with van der Waals surface area (Å²) in [6.45, 7) is 6.19. The summed E-state index contributed by atoms with van der Waals surface area (Å²) in [6.07, 6.45) is 1.89. The first-order valence-electron chi connectivity index (χ1n) is 7.43. The molecule has 0 N–H and O–H groups in total. The van der Waals surface area contributed by atoms with Gasteiger partial charge in [-0.2, -0.15) is 4.98 Å². The monoisotopic (exact) mass is 289 g/mol. The second-order valence-electron chi connectivity index (χ2n) is 5.07. The average Bonchev–Trinajstić information content (AvgIpc) is 2.89. The Hall–Kier alpha value is -1.88. The molecule has 0 fully saturated rings. The first kappa shape index (κ1) is 15.5. The van der Waals surface area contributed by atoms with Gasteiger partial charge in [-0.05, 0) is 26.5 Å². The second kappa shape index (κ2) is 7.78. The molecule has 1 heterocycles. The van der Waals surface area contributed by atoms with E-state index < -0.39 is 0 Å². The largest absolute Gasteiger partial charge is 0.494 e. The third-order valence-corrected chi connectivity index (χ3v) is 3.10. The zero-order valence-corrected chi connectivity index (χ0v) is 13.0. The van der Waals surface area contributed by atoms with Crippen molar-refractivity contribution in [3.8, 4) is 5.75 Å². The fraction of sp³-hybridized carbons (Fsp3) is 0.500. The minimum Gasteiger partial charge on any atom is -0.494 e. The van der Waals surface area contributed by atoms with Crippen LogP contribution < -0.4 is 4.74 Å². The van der Waals surface area contributed by atoms with E-state index in [1.807, 2.05) is 32.2 Å². The van der Waals surface area contributed by atoms with E-state index in [0.717, 1.165) is 36.5 Å². The topological polar surface area (TPSA) is 51.4 Å². The first-order chi connectivity index (χ1) is 10.2. The molecule has 114 valence electrons. The quantitative estimate of drug-likeness (QED) is 0.747. The molecule has 0 radical (unpaired) electrons. The summed E-state index contributed by atoms with van der Waals surface area (Å²) >= 11 is 0. The van der Waals surface area contributed by atoms with E-state index in [0.29, 0.717) is 19.0 Å². The van der Waals surface area contributed by atoms with Crippen molar-refractivity contribution in [3.63, 3.8) is 0 Å². The maximum absolute atomic E-state index is 5.65. The normalized spacial score (nSPS) is 11.0. The van der Waals surface area contributed by atoms with Crippen molar-refractivity contribution < 1.29 is 9.26 Å². The smallest absolute Gasteiger partial charge is 0.240 e. The van der Waals surface area contributed by atoms with Crippen molar-refractivity contribution in [1.82, 2.24) is 15.0 Å². The Morgan fingerprint density at radius 1 is 1.19 bits per heavy atom. The molecule has 0 saturated carbocycles. The number of rotatable bonds is 8. The van der Waals surface area contributed by atoms with Crippen LogP contribution in [-0.2, 0) is 19.5 Å². The Kier molecular flexibility index (Phi) is 5.75. The van der Waals surface area contributed by atoms with E-state index in [1.165, 1.54) is 0 Å². The molecular formula is C16H23N3O2. The molecule has 0 aliphatic heterocycles. The predicted molar refractivity (Wildman–Crippen MR) is 81.1 cm³/mol. The Labute approximate surface area is 125 Å². The van der Waals surface area contributed by atoms with E-state index in [2.05, 4.69) is 28.0 Å². The van der Waals surface area contributed by atoms with Crippen molar-refractivity contribution in [1.29, 1.82) is 0 Å². The number of para-hydroxylation sites is 1. The molecule has 1 aromatic heterocycles. The molecule has 0 amide bonds. The van der Waals surface area contributed by atoms with E-state index in [1.54, 1.807) is 0 Å². The summed E-state index contributed by atoms with van der Waals surface area (Å²) < 4.78 is 10.9. The number of aryl methyl sites for hydroxylation is 1. The summed E-state index contributed by atoms with van der Waals surface area (Å²) in [5, 5.41) is 3.98. The molecule has 0 bridgehead atoms. The van der Waals surface area contributed by atoms with Crippen LogP contribution in [0.3, 0.4) is 0 Å². The van der Waals surface area contributed by atoms with Gasteiger partial charge in [0.15, 0.2) is 5.82 Å². The highest BCUT2D eigenvalue weighted by molar-refractivity contribution is 5.33. The summed E-state index contributed by atoms with van der Waals surface area (Å²) in [7, 11) is 2.03. The van der Waals surface area contributed by atoms with Crippen LogP contribution in [0.1, 0.15) is 37.5 Å². The molecule has 0 unspecified atom stereocenters. The number of hydrogen-bond donors (Lipinski definition) is 0. The van der Waals surface area contributed by atoms with Crippen molar-refractivity contribution in [2.45, 2.75) is 39.8 Å².